The van der Waals surface area contributed by atoms with Gasteiger partial charge in [-0.1, -0.05) is 0 Å². The molecule has 1 amide bonds. The molecule has 0 atom stereocenters. The Morgan fingerprint density at radius 3 is 2.61 bits per heavy atom. The Labute approximate surface area is 105 Å². The van der Waals surface area contributed by atoms with Gasteiger partial charge in [-0.25, -0.2) is 4.39 Å². The summed E-state index contributed by atoms with van der Waals surface area (Å²) in [5, 5.41) is 2.71. The first-order chi connectivity index (χ1) is 8.56. The van der Waals surface area contributed by atoms with E-state index in [1.807, 2.05) is 13.0 Å². The molecule has 0 unspecified atom stereocenters. The van der Waals surface area contributed by atoms with Gasteiger partial charge in [0.15, 0.2) is 0 Å². The highest BCUT2D eigenvalue weighted by Gasteiger charge is 2.08. The standard InChI is InChI=1S/C14H13FN2O/c1-9-7-11(4-6-13(9)15)14(18)17-12-5-3-10(2)16-8-12/h3-8H,1-2H3,(H,17,18). The molecule has 92 valence electrons. The van der Waals surface area contributed by atoms with Crippen LogP contribution >= 0.6 is 0 Å². The summed E-state index contributed by atoms with van der Waals surface area (Å²) in [7, 11) is 0. The lowest BCUT2D eigenvalue weighted by Gasteiger charge is -2.06. The zero-order valence-corrected chi connectivity index (χ0v) is 10.2. The molecule has 0 fully saturated rings. The third-order valence-electron chi connectivity index (χ3n) is 2.59. The van der Waals surface area contributed by atoms with Gasteiger partial charge in [0.25, 0.3) is 5.91 Å². The lowest BCUT2D eigenvalue weighted by molar-refractivity contribution is 0.102. The molecule has 3 nitrogen and oxygen atoms in total. The Kier molecular flexibility index (Phi) is 3.37. The Hall–Kier alpha value is -2.23. The van der Waals surface area contributed by atoms with Crippen LogP contribution in [0.5, 0.6) is 0 Å². The molecule has 0 radical (unpaired) electrons. The van der Waals surface area contributed by atoms with Crippen LogP contribution in [0.4, 0.5) is 10.1 Å². The predicted molar refractivity (Wildman–Crippen MR) is 68.1 cm³/mol. The van der Waals surface area contributed by atoms with Gasteiger partial charge in [0.2, 0.25) is 0 Å². The zero-order valence-electron chi connectivity index (χ0n) is 10.2. The first-order valence-electron chi connectivity index (χ1n) is 5.56. The first-order valence-corrected chi connectivity index (χ1v) is 5.56. The zero-order chi connectivity index (χ0) is 13.1. The number of aromatic nitrogens is 1. The molecule has 18 heavy (non-hydrogen) atoms. The summed E-state index contributed by atoms with van der Waals surface area (Å²) in [6.45, 7) is 3.49. The van der Waals surface area contributed by atoms with Crippen molar-refractivity contribution in [1.29, 1.82) is 0 Å². The first kappa shape index (κ1) is 12.2. The van der Waals surface area contributed by atoms with Crippen molar-refractivity contribution in [3.8, 4) is 0 Å². The van der Waals surface area contributed by atoms with Crippen LogP contribution in [0, 0.1) is 19.7 Å². The summed E-state index contributed by atoms with van der Waals surface area (Å²) < 4.78 is 13.1. The van der Waals surface area contributed by atoms with Gasteiger partial charge in [-0.3, -0.25) is 9.78 Å². The normalized spacial score (nSPS) is 10.2. The number of benzene rings is 1. The number of aryl methyl sites for hydroxylation is 2. The van der Waals surface area contributed by atoms with Crippen LogP contribution in [0.2, 0.25) is 0 Å². The second-order valence-electron chi connectivity index (χ2n) is 4.11. The van der Waals surface area contributed by atoms with Gasteiger partial charge in [0.05, 0.1) is 11.9 Å². The highest BCUT2D eigenvalue weighted by Crippen LogP contribution is 2.12. The summed E-state index contributed by atoms with van der Waals surface area (Å²) >= 11 is 0. The highest BCUT2D eigenvalue weighted by molar-refractivity contribution is 6.04. The van der Waals surface area contributed by atoms with E-state index >= 15 is 0 Å². The van der Waals surface area contributed by atoms with Gasteiger partial charge in [-0.2, -0.15) is 0 Å². The number of hydrogen-bond donors (Lipinski definition) is 1. The third kappa shape index (κ3) is 2.71. The Bertz CT molecular complexity index is 579. The van der Waals surface area contributed by atoms with Gasteiger partial charge in [-0.15, -0.1) is 0 Å². The molecule has 2 aromatic rings. The molecule has 0 aliphatic carbocycles. The maximum Gasteiger partial charge on any atom is 0.255 e. The maximum atomic E-state index is 13.1. The van der Waals surface area contributed by atoms with Crippen LogP contribution in [0.15, 0.2) is 36.5 Å². The average Bonchev–Trinajstić information content (AvgIpc) is 2.35. The molecule has 1 aromatic heterocycles. The van der Waals surface area contributed by atoms with Crippen LogP contribution in [-0.2, 0) is 0 Å². The molecular formula is C14H13FN2O. The molecule has 0 aliphatic rings. The smallest absolute Gasteiger partial charge is 0.255 e. The maximum absolute atomic E-state index is 13.1. The van der Waals surface area contributed by atoms with Crippen LogP contribution in [0.1, 0.15) is 21.6 Å². The van der Waals surface area contributed by atoms with Gasteiger partial charge in [0, 0.05) is 11.3 Å². The number of anilines is 1. The van der Waals surface area contributed by atoms with E-state index in [-0.39, 0.29) is 11.7 Å². The van der Waals surface area contributed by atoms with Crippen molar-refractivity contribution < 1.29 is 9.18 Å². The Morgan fingerprint density at radius 1 is 1.22 bits per heavy atom. The van der Waals surface area contributed by atoms with Crippen LogP contribution in [0.25, 0.3) is 0 Å². The van der Waals surface area contributed by atoms with E-state index in [1.54, 1.807) is 19.2 Å². The quantitative estimate of drug-likeness (QED) is 0.882. The van der Waals surface area contributed by atoms with Gasteiger partial charge in [0.1, 0.15) is 5.82 Å². The molecule has 0 aliphatic heterocycles. The molecule has 0 bridgehead atoms. The fourth-order valence-electron chi connectivity index (χ4n) is 1.53. The summed E-state index contributed by atoms with van der Waals surface area (Å²) in [6, 6.07) is 7.85. The number of carbonyl (C=O) groups excluding carboxylic acids is 1. The van der Waals surface area contributed by atoms with Gasteiger partial charge in [-0.05, 0) is 49.7 Å². The molecule has 2 rings (SSSR count). The van der Waals surface area contributed by atoms with E-state index in [9.17, 15) is 9.18 Å². The topological polar surface area (TPSA) is 42.0 Å². The number of rotatable bonds is 2. The number of pyridine rings is 1. The Balaban J connectivity index is 2.16. The monoisotopic (exact) mass is 244 g/mol. The Morgan fingerprint density at radius 2 is 2.00 bits per heavy atom. The van der Waals surface area contributed by atoms with E-state index in [2.05, 4.69) is 10.3 Å². The van der Waals surface area contributed by atoms with Crippen LogP contribution in [-0.4, -0.2) is 10.9 Å². The van der Waals surface area contributed by atoms with Crippen molar-refractivity contribution in [3.05, 3.63) is 59.2 Å². The minimum Gasteiger partial charge on any atom is -0.321 e. The number of halogens is 1. The van der Waals surface area contributed by atoms with E-state index in [0.29, 0.717) is 16.8 Å². The molecule has 1 aromatic carbocycles. The SMILES string of the molecule is Cc1ccc(NC(=O)c2ccc(F)c(C)c2)cn1. The lowest BCUT2D eigenvalue weighted by Crippen LogP contribution is -2.12. The summed E-state index contributed by atoms with van der Waals surface area (Å²) in [5.41, 5.74) is 2.37. The second-order valence-corrected chi connectivity index (χ2v) is 4.11. The number of carbonyl (C=O) groups is 1. The van der Waals surface area contributed by atoms with E-state index in [0.717, 1.165) is 5.69 Å². The molecular weight excluding hydrogens is 231 g/mol. The van der Waals surface area contributed by atoms with Crippen molar-refractivity contribution in [3.63, 3.8) is 0 Å². The van der Waals surface area contributed by atoms with E-state index in [1.165, 1.54) is 18.2 Å². The summed E-state index contributed by atoms with van der Waals surface area (Å²) in [5.74, 6) is -0.590. The van der Waals surface area contributed by atoms with Crippen LogP contribution < -0.4 is 5.32 Å². The minimum atomic E-state index is -0.316. The fourth-order valence-corrected chi connectivity index (χ4v) is 1.53. The van der Waals surface area contributed by atoms with Crippen LogP contribution in [0.3, 0.4) is 0 Å². The molecule has 4 heteroatoms. The largest absolute Gasteiger partial charge is 0.321 e. The number of nitrogens with zero attached hydrogens (tertiary/aromatic N) is 1. The van der Waals surface area contributed by atoms with Gasteiger partial charge < -0.3 is 5.32 Å². The molecule has 1 heterocycles. The third-order valence-corrected chi connectivity index (χ3v) is 2.59. The number of hydrogen-bond acceptors (Lipinski definition) is 2. The molecule has 0 saturated heterocycles. The molecule has 0 spiro atoms. The second kappa shape index (κ2) is 4.96. The van der Waals surface area contributed by atoms with Crippen molar-refractivity contribution in [1.82, 2.24) is 4.98 Å². The predicted octanol–water partition coefficient (Wildman–Crippen LogP) is 3.09. The van der Waals surface area contributed by atoms with E-state index < -0.39 is 0 Å². The average molecular weight is 244 g/mol. The van der Waals surface area contributed by atoms with Gasteiger partial charge >= 0.3 is 0 Å². The number of amides is 1. The molecule has 1 N–H and O–H groups in total. The van der Waals surface area contributed by atoms with Crippen molar-refractivity contribution in [2.75, 3.05) is 5.32 Å². The highest BCUT2D eigenvalue weighted by atomic mass is 19.1. The van der Waals surface area contributed by atoms with E-state index in [4.69, 9.17) is 0 Å². The fraction of sp³-hybridized carbons (Fsp3) is 0.143. The van der Waals surface area contributed by atoms with Crippen molar-refractivity contribution in [2.24, 2.45) is 0 Å². The van der Waals surface area contributed by atoms with Crippen molar-refractivity contribution in [2.45, 2.75) is 13.8 Å². The summed E-state index contributed by atoms with van der Waals surface area (Å²) in [6.07, 6.45) is 1.59. The summed E-state index contributed by atoms with van der Waals surface area (Å²) in [4.78, 5) is 16.0. The molecule has 0 saturated carbocycles. The number of nitrogens with one attached hydrogen (secondary N) is 1. The minimum absolute atomic E-state index is 0.274. The van der Waals surface area contributed by atoms with Crippen molar-refractivity contribution >= 4 is 11.6 Å². The lowest BCUT2D eigenvalue weighted by atomic mass is 10.1.